The molecule has 1 saturated heterocycles. The fourth-order valence-corrected chi connectivity index (χ4v) is 4.30. The maximum atomic E-state index is 13.6. The van der Waals surface area contributed by atoms with Crippen molar-refractivity contribution in [3.63, 3.8) is 0 Å². The highest BCUT2D eigenvalue weighted by Crippen LogP contribution is 2.38. The van der Waals surface area contributed by atoms with Crippen molar-refractivity contribution in [1.82, 2.24) is 10.3 Å². The van der Waals surface area contributed by atoms with Gasteiger partial charge in [-0.1, -0.05) is 12.1 Å². The average molecular weight is 352 g/mol. The summed E-state index contributed by atoms with van der Waals surface area (Å²) in [6.45, 7) is 1.96. The van der Waals surface area contributed by atoms with Gasteiger partial charge in [-0.2, -0.15) is 5.26 Å². The summed E-state index contributed by atoms with van der Waals surface area (Å²) in [4.78, 5) is 5.41. The zero-order valence-corrected chi connectivity index (χ0v) is 14.4. The summed E-state index contributed by atoms with van der Waals surface area (Å²) in [6, 6.07) is 11.0. The maximum Gasteiger partial charge on any atom is 0.144 e. The van der Waals surface area contributed by atoms with Crippen molar-refractivity contribution in [1.29, 1.82) is 5.26 Å². The molecule has 6 heteroatoms. The Morgan fingerprint density at radius 1 is 1.36 bits per heavy atom. The van der Waals surface area contributed by atoms with Gasteiger partial charge in [-0.05, 0) is 43.1 Å². The maximum absolute atomic E-state index is 13.6. The third kappa shape index (κ3) is 3.21. The van der Waals surface area contributed by atoms with Crippen molar-refractivity contribution in [2.24, 2.45) is 0 Å². The first-order chi connectivity index (χ1) is 12.2. The van der Waals surface area contributed by atoms with Gasteiger partial charge in [-0.25, -0.2) is 9.37 Å². The van der Waals surface area contributed by atoms with Gasteiger partial charge >= 0.3 is 0 Å². The molecule has 1 atom stereocenters. The molecule has 3 heterocycles. The van der Waals surface area contributed by atoms with E-state index in [1.807, 2.05) is 12.1 Å². The lowest BCUT2D eigenvalue weighted by Crippen LogP contribution is -2.38. The third-order valence-corrected chi connectivity index (χ3v) is 5.62. The summed E-state index contributed by atoms with van der Waals surface area (Å²) >= 11 is 1.54. The predicted octanol–water partition coefficient (Wildman–Crippen LogP) is 4.14. The highest BCUT2D eigenvalue weighted by Gasteiger charge is 2.18. The molecule has 126 valence electrons. The van der Waals surface area contributed by atoms with Gasteiger partial charge in [-0.15, -0.1) is 11.3 Å². The first kappa shape index (κ1) is 16.0. The molecule has 0 bridgehead atoms. The second-order valence-electron chi connectivity index (χ2n) is 6.18. The molecule has 1 aliphatic heterocycles. The fourth-order valence-electron chi connectivity index (χ4n) is 3.17. The monoisotopic (exact) mass is 352 g/mol. The van der Waals surface area contributed by atoms with Gasteiger partial charge < -0.3 is 10.6 Å². The van der Waals surface area contributed by atoms with Crippen molar-refractivity contribution in [3.8, 4) is 16.5 Å². The second-order valence-corrected chi connectivity index (χ2v) is 7.24. The van der Waals surface area contributed by atoms with Crippen molar-refractivity contribution >= 4 is 27.2 Å². The van der Waals surface area contributed by atoms with Gasteiger partial charge in [-0.3, -0.25) is 0 Å². The molecule has 0 amide bonds. The molecule has 0 aliphatic carbocycles. The van der Waals surface area contributed by atoms with E-state index >= 15 is 0 Å². The van der Waals surface area contributed by atoms with E-state index in [1.54, 1.807) is 23.6 Å². The Balaban J connectivity index is 1.78. The average Bonchev–Trinajstić information content (AvgIpc) is 3.09. The lowest BCUT2D eigenvalue weighted by molar-refractivity contribution is 0.479. The summed E-state index contributed by atoms with van der Waals surface area (Å²) in [5.41, 5.74) is 1.36. The van der Waals surface area contributed by atoms with E-state index in [0.717, 1.165) is 52.3 Å². The number of fused-ring (bicyclic) bond motifs is 1. The van der Waals surface area contributed by atoms with Gasteiger partial charge in [0.05, 0.1) is 10.3 Å². The number of nitriles is 1. The zero-order chi connectivity index (χ0) is 17.2. The zero-order valence-electron chi connectivity index (χ0n) is 13.6. The number of thiophene rings is 1. The Labute approximate surface area is 149 Å². The minimum absolute atomic E-state index is 0.264. The molecule has 25 heavy (non-hydrogen) atoms. The molecule has 0 radical (unpaired) electrons. The quantitative estimate of drug-likeness (QED) is 0.744. The molecule has 3 aromatic rings. The number of pyridine rings is 1. The van der Waals surface area contributed by atoms with Crippen molar-refractivity contribution in [3.05, 3.63) is 47.9 Å². The molecule has 0 saturated carbocycles. The van der Waals surface area contributed by atoms with Crippen LogP contribution in [-0.4, -0.2) is 24.1 Å². The van der Waals surface area contributed by atoms with E-state index < -0.39 is 0 Å². The standard InChI is InChI=1S/C19H17FN4S/c20-14-4-1-3-12(7-14)17-8-16-13(9-21)10-23-19(18(16)25-17)24-15-5-2-6-22-11-15/h1,3-4,7-8,10,15,22H,2,5-6,11H2,(H,23,24)/t15-/m0/s1. The molecule has 2 N–H and O–H groups in total. The molecule has 0 spiro atoms. The molecule has 4 nitrogen and oxygen atoms in total. The van der Waals surface area contributed by atoms with Crippen LogP contribution in [0.1, 0.15) is 18.4 Å². The molecule has 1 aromatic carbocycles. The number of aromatic nitrogens is 1. The highest BCUT2D eigenvalue weighted by atomic mass is 32.1. The van der Waals surface area contributed by atoms with Gasteiger partial charge in [0.15, 0.2) is 0 Å². The molecule has 2 aromatic heterocycles. The number of halogens is 1. The van der Waals surface area contributed by atoms with Crippen molar-refractivity contribution in [2.75, 3.05) is 18.4 Å². The van der Waals surface area contributed by atoms with Crippen molar-refractivity contribution in [2.45, 2.75) is 18.9 Å². The van der Waals surface area contributed by atoms with E-state index in [9.17, 15) is 9.65 Å². The molecule has 0 unspecified atom stereocenters. The van der Waals surface area contributed by atoms with Crippen LogP contribution in [0.25, 0.3) is 20.5 Å². The van der Waals surface area contributed by atoms with Gasteiger partial charge in [0.25, 0.3) is 0 Å². The number of rotatable bonds is 3. The summed E-state index contributed by atoms with van der Waals surface area (Å²) in [6.07, 6.45) is 3.84. The normalized spacial score (nSPS) is 17.4. The molecule has 1 aliphatic rings. The lowest BCUT2D eigenvalue weighted by atomic mass is 10.1. The van der Waals surface area contributed by atoms with Gasteiger partial charge in [0.1, 0.15) is 17.7 Å². The first-order valence-corrected chi connectivity index (χ1v) is 9.12. The van der Waals surface area contributed by atoms with Crippen LogP contribution in [0.2, 0.25) is 0 Å². The number of hydrogen-bond donors (Lipinski definition) is 2. The van der Waals surface area contributed by atoms with Crippen molar-refractivity contribution < 1.29 is 4.39 Å². The van der Waals surface area contributed by atoms with Crippen LogP contribution in [0, 0.1) is 17.1 Å². The number of nitrogens with one attached hydrogen (secondary N) is 2. The Morgan fingerprint density at radius 2 is 2.28 bits per heavy atom. The number of nitrogens with zero attached hydrogens (tertiary/aromatic N) is 2. The SMILES string of the molecule is N#Cc1cnc(N[C@H]2CCCNC2)c2sc(-c3cccc(F)c3)cc12. The summed E-state index contributed by atoms with van der Waals surface area (Å²) in [5.74, 6) is 0.538. The van der Waals surface area contributed by atoms with Crippen LogP contribution in [-0.2, 0) is 0 Å². The Kier molecular flexibility index (Phi) is 4.35. The Morgan fingerprint density at radius 3 is 3.04 bits per heavy atom. The van der Waals surface area contributed by atoms with E-state index in [1.165, 1.54) is 12.1 Å². The number of benzene rings is 1. The van der Waals surface area contributed by atoms with E-state index in [-0.39, 0.29) is 5.82 Å². The Hall–Kier alpha value is -2.49. The van der Waals surface area contributed by atoms with Crippen LogP contribution in [0.15, 0.2) is 36.5 Å². The minimum atomic E-state index is -0.264. The molecule has 1 fully saturated rings. The van der Waals surface area contributed by atoms with Crippen LogP contribution in [0.3, 0.4) is 0 Å². The van der Waals surface area contributed by atoms with Crippen LogP contribution >= 0.6 is 11.3 Å². The fraction of sp³-hybridized carbons (Fsp3) is 0.263. The molecule has 4 rings (SSSR count). The number of anilines is 1. The topological polar surface area (TPSA) is 60.7 Å². The smallest absolute Gasteiger partial charge is 0.144 e. The molecular weight excluding hydrogens is 335 g/mol. The summed E-state index contributed by atoms with van der Waals surface area (Å²) < 4.78 is 14.5. The van der Waals surface area contributed by atoms with E-state index in [4.69, 9.17) is 0 Å². The van der Waals surface area contributed by atoms with Crippen LogP contribution in [0.4, 0.5) is 10.2 Å². The third-order valence-electron chi connectivity index (χ3n) is 4.43. The Bertz CT molecular complexity index is 954. The van der Waals surface area contributed by atoms with E-state index in [2.05, 4.69) is 21.7 Å². The van der Waals surface area contributed by atoms with Gasteiger partial charge in [0, 0.05) is 29.0 Å². The number of hydrogen-bond acceptors (Lipinski definition) is 5. The highest BCUT2D eigenvalue weighted by molar-refractivity contribution is 7.22. The van der Waals surface area contributed by atoms with Crippen LogP contribution in [0.5, 0.6) is 0 Å². The summed E-state index contributed by atoms with van der Waals surface area (Å²) in [7, 11) is 0. The van der Waals surface area contributed by atoms with E-state index in [0.29, 0.717) is 11.6 Å². The number of piperidine rings is 1. The lowest BCUT2D eigenvalue weighted by Gasteiger charge is -2.24. The first-order valence-electron chi connectivity index (χ1n) is 8.30. The van der Waals surface area contributed by atoms with Gasteiger partial charge in [0.2, 0.25) is 0 Å². The molecular formula is C19H17FN4S. The predicted molar refractivity (Wildman–Crippen MR) is 99.2 cm³/mol. The second kappa shape index (κ2) is 6.79. The largest absolute Gasteiger partial charge is 0.365 e. The summed E-state index contributed by atoms with van der Waals surface area (Å²) in [5, 5.41) is 17.2. The minimum Gasteiger partial charge on any atom is -0.365 e. The van der Waals surface area contributed by atoms with Crippen LogP contribution < -0.4 is 10.6 Å².